The van der Waals surface area contributed by atoms with Gasteiger partial charge in [-0.2, -0.15) is 0 Å². The molecule has 0 aliphatic carbocycles. The molecule has 0 N–H and O–H groups in total. The predicted octanol–water partition coefficient (Wildman–Crippen LogP) is 4.52. The molecule has 0 bridgehead atoms. The maximum Gasteiger partial charge on any atom is 0.0155 e. The summed E-state index contributed by atoms with van der Waals surface area (Å²) in [6.07, 6.45) is 0. The lowest BCUT2D eigenvalue weighted by Crippen LogP contribution is -1.92. The zero-order valence-corrected chi connectivity index (χ0v) is 10.3. The SMILES string of the molecule is Cc1ccc(C(C)c2ccc(C)s2)cc1. The van der Waals surface area contributed by atoms with E-state index in [4.69, 9.17) is 0 Å². The van der Waals surface area contributed by atoms with Crippen LogP contribution in [0.3, 0.4) is 0 Å². The van der Waals surface area contributed by atoms with Crippen molar-refractivity contribution in [1.29, 1.82) is 0 Å². The van der Waals surface area contributed by atoms with E-state index in [-0.39, 0.29) is 0 Å². The Kier molecular flexibility index (Phi) is 2.92. The molecule has 0 nitrogen and oxygen atoms in total. The maximum absolute atomic E-state index is 2.27. The molecular formula is C14H16S. The first-order valence-electron chi connectivity index (χ1n) is 5.29. The number of hydrogen-bond acceptors (Lipinski definition) is 1. The molecule has 2 rings (SSSR count). The van der Waals surface area contributed by atoms with E-state index in [2.05, 4.69) is 57.2 Å². The fraction of sp³-hybridized carbons (Fsp3) is 0.286. The summed E-state index contributed by atoms with van der Waals surface area (Å²) in [5, 5.41) is 0. The Balaban J connectivity index is 2.28. The molecule has 0 saturated carbocycles. The van der Waals surface area contributed by atoms with Crippen LogP contribution in [0, 0.1) is 13.8 Å². The highest BCUT2D eigenvalue weighted by atomic mass is 32.1. The molecule has 0 aliphatic rings. The molecule has 0 spiro atoms. The van der Waals surface area contributed by atoms with E-state index >= 15 is 0 Å². The summed E-state index contributed by atoms with van der Waals surface area (Å²) < 4.78 is 0. The highest BCUT2D eigenvalue weighted by Gasteiger charge is 2.09. The molecule has 0 radical (unpaired) electrons. The average molecular weight is 216 g/mol. The summed E-state index contributed by atoms with van der Waals surface area (Å²) in [5.74, 6) is 0.518. The van der Waals surface area contributed by atoms with Crippen molar-refractivity contribution in [1.82, 2.24) is 0 Å². The van der Waals surface area contributed by atoms with Gasteiger partial charge in [0.15, 0.2) is 0 Å². The Hall–Kier alpha value is -1.08. The monoisotopic (exact) mass is 216 g/mol. The zero-order chi connectivity index (χ0) is 10.8. The van der Waals surface area contributed by atoms with Crippen molar-refractivity contribution >= 4 is 11.3 Å². The molecule has 2 aromatic rings. The lowest BCUT2D eigenvalue weighted by molar-refractivity contribution is 0.946. The standard InChI is InChI=1S/C14H16S/c1-10-4-7-13(8-5-10)12(3)14-9-6-11(2)15-14/h4-9,12H,1-3H3. The van der Waals surface area contributed by atoms with Crippen molar-refractivity contribution in [2.45, 2.75) is 26.7 Å². The van der Waals surface area contributed by atoms with E-state index in [1.807, 2.05) is 11.3 Å². The minimum Gasteiger partial charge on any atom is -0.145 e. The van der Waals surface area contributed by atoms with Crippen LogP contribution < -0.4 is 0 Å². The molecule has 1 heterocycles. The summed E-state index contributed by atoms with van der Waals surface area (Å²) in [5.41, 5.74) is 2.73. The number of benzene rings is 1. The van der Waals surface area contributed by atoms with Gasteiger partial charge in [-0.25, -0.2) is 0 Å². The molecule has 1 aromatic carbocycles. The third-order valence-electron chi connectivity index (χ3n) is 2.77. The highest BCUT2D eigenvalue weighted by molar-refractivity contribution is 7.12. The van der Waals surface area contributed by atoms with E-state index in [0.717, 1.165) is 0 Å². The van der Waals surface area contributed by atoms with Crippen molar-refractivity contribution < 1.29 is 0 Å². The van der Waals surface area contributed by atoms with Gasteiger partial charge in [-0.3, -0.25) is 0 Å². The Morgan fingerprint density at radius 2 is 1.60 bits per heavy atom. The summed E-state index contributed by atoms with van der Waals surface area (Å²) in [6.45, 7) is 6.57. The quantitative estimate of drug-likeness (QED) is 0.692. The lowest BCUT2D eigenvalue weighted by atomic mass is 9.99. The van der Waals surface area contributed by atoms with Crippen LogP contribution in [-0.4, -0.2) is 0 Å². The zero-order valence-electron chi connectivity index (χ0n) is 9.45. The van der Waals surface area contributed by atoms with Crippen LogP contribution in [0.2, 0.25) is 0 Å². The van der Waals surface area contributed by atoms with Crippen molar-refractivity contribution in [3.63, 3.8) is 0 Å². The largest absolute Gasteiger partial charge is 0.145 e. The molecule has 1 heteroatoms. The van der Waals surface area contributed by atoms with Gasteiger partial charge < -0.3 is 0 Å². The molecular weight excluding hydrogens is 200 g/mol. The molecule has 1 atom stereocenters. The number of hydrogen-bond donors (Lipinski definition) is 0. The van der Waals surface area contributed by atoms with Crippen LogP contribution in [0.25, 0.3) is 0 Å². The third kappa shape index (κ3) is 2.29. The van der Waals surface area contributed by atoms with Crippen LogP contribution in [0.1, 0.15) is 33.7 Å². The fourth-order valence-electron chi connectivity index (χ4n) is 1.71. The first-order chi connectivity index (χ1) is 7.16. The summed E-state index contributed by atoms with van der Waals surface area (Å²) in [6, 6.07) is 13.3. The second-order valence-corrected chi connectivity index (χ2v) is 5.40. The van der Waals surface area contributed by atoms with Gasteiger partial charge in [-0.15, -0.1) is 11.3 Å². The van der Waals surface area contributed by atoms with Crippen LogP contribution >= 0.6 is 11.3 Å². The lowest BCUT2D eigenvalue weighted by Gasteiger charge is -2.09. The molecule has 0 amide bonds. The Bertz CT molecular complexity index is 437. The van der Waals surface area contributed by atoms with Gasteiger partial charge in [-0.1, -0.05) is 36.8 Å². The average Bonchev–Trinajstić information content (AvgIpc) is 2.65. The highest BCUT2D eigenvalue weighted by Crippen LogP contribution is 2.29. The van der Waals surface area contributed by atoms with Gasteiger partial charge in [0.1, 0.15) is 0 Å². The van der Waals surface area contributed by atoms with Crippen molar-refractivity contribution in [3.8, 4) is 0 Å². The van der Waals surface area contributed by atoms with Gasteiger partial charge in [0, 0.05) is 15.7 Å². The van der Waals surface area contributed by atoms with E-state index in [1.54, 1.807) is 0 Å². The summed E-state index contributed by atoms with van der Waals surface area (Å²) in [7, 11) is 0. The minimum absolute atomic E-state index is 0.518. The van der Waals surface area contributed by atoms with Gasteiger partial charge in [0.25, 0.3) is 0 Å². The molecule has 0 saturated heterocycles. The molecule has 0 fully saturated rings. The molecule has 0 aliphatic heterocycles. The Morgan fingerprint density at radius 3 is 2.13 bits per heavy atom. The van der Waals surface area contributed by atoms with Crippen molar-refractivity contribution in [2.24, 2.45) is 0 Å². The van der Waals surface area contributed by atoms with E-state index < -0.39 is 0 Å². The normalized spacial score (nSPS) is 12.7. The maximum atomic E-state index is 2.27. The smallest absolute Gasteiger partial charge is 0.0155 e. The topological polar surface area (TPSA) is 0 Å². The van der Waals surface area contributed by atoms with E-state index in [0.29, 0.717) is 5.92 Å². The molecule has 1 unspecified atom stereocenters. The van der Waals surface area contributed by atoms with Gasteiger partial charge in [0.2, 0.25) is 0 Å². The van der Waals surface area contributed by atoms with Gasteiger partial charge in [0.05, 0.1) is 0 Å². The second-order valence-electron chi connectivity index (χ2n) is 4.08. The third-order valence-corrected chi connectivity index (χ3v) is 3.95. The van der Waals surface area contributed by atoms with Crippen LogP contribution in [0.15, 0.2) is 36.4 Å². The van der Waals surface area contributed by atoms with Crippen molar-refractivity contribution in [3.05, 3.63) is 57.3 Å². The number of aryl methyl sites for hydroxylation is 2. The number of rotatable bonds is 2. The van der Waals surface area contributed by atoms with Crippen molar-refractivity contribution in [2.75, 3.05) is 0 Å². The second kappa shape index (κ2) is 4.19. The first-order valence-corrected chi connectivity index (χ1v) is 6.11. The fourth-order valence-corrected chi connectivity index (χ4v) is 2.66. The molecule has 15 heavy (non-hydrogen) atoms. The Morgan fingerprint density at radius 1 is 0.933 bits per heavy atom. The predicted molar refractivity (Wildman–Crippen MR) is 67.8 cm³/mol. The van der Waals surface area contributed by atoms with Gasteiger partial charge in [-0.05, 0) is 31.5 Å². The molecule has 78 valence electrons. The summed E-state index contributed by atoms with van der Waals surface area (Å²) >= 11 is 1.89. The number of thiophene rings is 1. The van der Waals surface area contributed by atoms with E-state index in [1.165, 1.54) is 20.9 Å². The first kappa shape index (κ1) is 10.4. The minimum atomic E-state index is 0.518. The van der Waals surface area contributed by atoms with Crippen LogP contribution in [0.5, 0.6) is 0 Å². The van der Waals surface area contributed by atoms with Gasteiger partial charge >= 0.3 is 0 Å². The van der Waals surface area contributed by atoms with E-state index in [9.17, 15) is 0 Å². The van der Waals surface area contributed by atoms with Crippen LogP contribution in [-0.2, 0) is 0 Å². The Labute approximate surface area is 95.6 Å². The van der Waals surface area contributed by atoms with Crippen LogP contribution in [0.4, 0.5) is 0 Å². The summed E-state index contributed by atoms with van der Waals surface area (Å²) in [4.78, 5) is 2.85. The molecule has 1 aromatic heterocycles.